The summed E-state index contributed by atoms with van der Waals surface area (Å²) in [5.41, 5.74) is 2.14. The van der Waals surface area contributed by atoms with E-state index in [-0.39, 0.29) is 0 Å². The van der Waals surface area contributed by atoms with Gasteiger partial charge in [0, 0.05) is 0 Å². The highest BCUT2D eigenvalue weighted by molar-refractivity contribution is 5.36. The summed E-state index contributed by atoms with van der Waals surface area (Å²) in [6, 6.07) is 8.67. The van der Waals surface area contributed by atoms with Gasteiger partial charge in [-0.3, -0.25) is 0 Å². The van der Waals surface area contributed by atoms with Gasteiger partial charge in [-0.25, -0.2) is 0 Å². The smallest absolute Gasteiger partial charge is 0.0899 e. The Labute approximate surface area is 117 Å². The van der Waals surface area contributed by atoms with Crippen LogP contribution < -0.4 is 0 Å². The quantitative estimate of drug-likeness (QED) is 0.830. The molecule has 1 heteroatoms. The number of benzene rings is 1. The molecular weight excluding hydrogens is 232 g/mol. The van der Waals surface area contributed by atoms with E-state index >= 15 is 0 Å². The van der Waals surface area contributed by atoms with Crippen molar-refractivity contribution in [2.24, 2.45) is 5.92 Å². The van der Waals surface area contributed by atoms with E-state index in [1.54, 1.807) is 0 Å². The topological polar surface area (TPSA) is 20.2 Å². The van der Waals surface area contributed by atoms with Crippen molar-refractivity contribution < 1.29 is 5.11 Å². The van der Waals surface area contributed by atoms with E-state index in [1.165, 1.54) is 49.7 Å². The molecule has 2 fully saturated rings. The third-order valence-corrected chi connectivity index (χ3v) is 5.52. The van der Waals surface area contributed by atoms with Crippen LogP contribution in [0.15, 0.2) is 24.3 Å². The molecule has 2 saturated carbocycles. The van der Waals surface area contributed by atoms with Crippen LogP contribution >= 0.6 is 0 Å². The molecule has 0 atom stereocenters. The lowest BCUT2D eigenvalue weighted by molar-refractivity contribution is -0.0158. The second-order valence-corrected chi connectivity index (χ2v) is 6.60. The summed E-state index contributed by atoms with van der Waals surface area (Å²) in [6.45, 7) is 2.28. The van der Waals surface area contributed by atoms with Crippen molar-refractivity contribution in [3.63, 3.8) is 0 Å². The predicted molar refractivity (Wildman–Crippen MR) is 79.2 cm³/mol. The van der Waals surface area contributed by atoms with Crippen molar-refractivity contribution in [1.82, 2.24) is 0 Å². The zero-order valence-electron chi connectivity index (χ0n) is 12.1. The normalized spacial score (nSPS) is 32.0. The van der Waals surface area contributed by atoms with E-state index in [1.807, 2.05) is 0 Å². The van der Waals surface area contributed by atoms with Crippen LogP contribution in [-0.4, -0.2) is 5.11 Å². The molecule has 0 amide bonds. The molecule has 3 rings (SSSR count). The fourth-order valence-corrected chi connectivity index (χ4v) is 3.83. The highest BCUT2D eigenvalue weighted by Gasteiger charge is 2.37. The van der Waals surface area contributed by atoms with E-state index in [9.17, 15) is 5.11 Å². The lowest BCUT2D eigenvalue weighted by atomic mass is 9.69. The lowest BCUT2D eigenvalue weighted by Gasteiger charge is -2.39. The Morgan fingerprint density at radius 3 is 2.37 bits per heavy atom. The van der Waals surface area contributed by atoms with Crippen molar-refractivity contribution in [3.8, 4) is 0 Å². The summed E-state index contributed by atoms with van der Waals surface area (Å²) >= 11 is 0. The molecule has 2 aliphatic carbocycles. The van der Waals surface area contributed by atoms with Crippen molar-refractivity contribution >= 4 is 0 Å². The molecule has 19 heavy (non-hydrogen) atoms. The molecule has 2 aliphatic rings. The molecular formula is C18H26O. The SMILES string of the molecule is CCC1CCC(O)(c2ccccc2C2CCC2)CC1. The molecule has 0 radical (unpaired) electrons. The first-order valence-electron chi connectivity index (χ1n) is 8.05. The van der Waals surface area contributed by atoms with Crippen LogP contribution in [0.1, 0.15) is 75.3 Å². The molecule has 0 heterocycles. The van der Waals surface area contributed by atoms with Crippen LogP contribution in [0.3, 0.4) is 0 Å². The average molecular weight is 258 g/mol. The molecule has 104 valence electrons. The van der Waals surface area contributed by atoms with Gasteiger partial charge in [0.15, 0.2) is 0 Å². The Bertz CT molecular complexity index is 425. The highest BCUT2D eigenvalue weighted by Crippen LogP contribution is 2.46. The number of hydrogen-bond acceptors (Lipinski definition) is 1. The van der Waals surface area contributed by atoms with Crippen molar-refractivity contribution in [2.75, 3.05) is 0 Å². The molecule has 1 N–H and O–H groups in total. The monoisotopic (exact) mass is 258 g/mol. The lowest BCUT2D eigenvalue weighted by Crippen LogP contribution is -2.33. The van der Waals surface area contributed by atoms with Gasteiger partial charge in [0.05, 0.1) is 5.60 Å². The van der Waals surface area contributed by atoms with Crippen LogP contribution in [0.5, 0.6) is 0 Å². The summed E-state index contributed by atoms with van der Waals surface area (Å²) in [6.07, 6.45) is 9.52. The van der Waals surface area contributed by atoms with Gasteiger partial charge in [0.25, 0.3) is 0 Å². The van der Waals surface area contributed by atoms with Gasteiger partial charge < -0.3 is 5.11 Å². The minimum absolute atomic E-state index is 0.544. The fraction of sp³-hybridized carbons (Fsp3) is 0.667. The van der Waals surface area contributed by atoms with E-state index in [4.69, 9.17) is 0 Å². The van der Waals surface area contributed by atoms with Gasteiger partial charge in [-0.15, -0.1) is 0 Å². The zero-order valence-corrected chi connectivity index (χ0v) is 12.1. The molecule has 0 bridgehead atoms. The maximum absolute atomic E-state index is 11.1. The Hall–Kier alpha value is -0.820. The summed E-state index contributed by atoms with van der Waals surface area (Å²) in [7, 11) is 0. The van der Waals surface area contributed by atoms with Gasteiger partial charge in [0.1, 0.15) is 0 Å². The first-order valence-corrected chi connectivity index (χ1v) is 8.05. The molecule has 0 saturated heterocycles. The van der Waals surface area contributed by atoms with Gasteiger partial charge in [0.2, 0.25) is 0 Å². The van der Waals surface area contributed by atoms with Crippen LogP contribution in [0, 0.1) is 5.92 Å². The third kappa shape index (κ3) is 2.45. The van der Waals surface area contributed by atoms with Gasteiger partial charge in [-0.05, 0) is 61.5 Å². The van der Waals surface area contributed by atoms with E-state index < -0.39 is 5.60 Å². The molecule has 0 aliphatic heterocycles. The molecule has 1 aromatic rings. The summed E-state index contributed by atoms with van der Waals surface area (Å²) < 4.78 is 0. The van der Waals surface area contributed by atoms with Gasteiger partial charge in [-0.2, -0.15) is 0 Å². The minimum atomic E-state index is -0.544. The zero-order chi connectivity index (χ0) is 13.3. The fourth-order valence-electron chi connectivity index (χ4n) is 3.83. The molecule has 0 spiro atoms. The van der Waals surface area contributed by atoms with E-state index in [0.29, 0.717) is 5.92 Å². The second kappa shape index (κ2) is 5.28. The molecule has 0 unspecified atom stereocenters. The standard InChI is InChI=1S/C18H26O/c1-2-14-10-12-18(19,13-11-14)17-9-4-3-8-16(17)15-6-5-7-15/h3-4,8-9,14-15,19H,2,5-7,10-13H2,1H3. The molecule has 1 nitrogen and oxygen atoms in total. The Balaban J connectivity index is 1.85. The number of hydrogen-bond donors (Lipinski definition) is 1. The second-order valence-electron chi connectivity index (χ2n) is 6.60. The van der Waals surface area contributed by atoms with Crippen LogP contribution in [0.2, 0.25) is 0 Å². The Morgan fingerprint density at radius 1 is 1.11 bits per heavy atom. The van der Waals surface area contributed by atoms with Crippen LogP contribution in [0.4, 0.5) is 0 Å². The first-order chi connectivity index (χ1) is 9.23. The first kappa shape index (κ1) is 13.2. The molecule has 0 aromatic heterocycles. The largest absolute Gasteiger partial charge is 0.385 e. The maximum atomic E-state index is 11.1. The van der Waals surface area contributed by atoms with Crippen molar-refractivity contribution in [1.29, 1.82) is 0 Å². The van der Waals surface area contributed by atoms with Crippen molar-refractivity contribution in [3.05, 3.63) is 35.4 Å². The predicted octanol–water partition coefficient (Wildman–Crippen LogP) is 4.74. The Morgan fingerprint density at radius 2 is 1.79 bits per heavy atom. The molecule has 1 aromatic carbocycles. The van der Waals surface area contributed by atoms with Crippen LogP contribution in [0.25, 0.3) is 0 Å². The Kier molecular flexibility index (Phi) is 3.66. The van der Waals surface area contributed by atoms with Gasteiger partial charge in [-0.1, -0.05) is 44.0 Å². The number of aliphatic hydroxyl groups is 1. The van der Waals surface area contributed by atoms with Crippen molar-refractivity contribution in [2.45, 2.75) is 69.8 Å². The maximum Gasteiger partial charge on any atom is 0.0899 e. The average Bonchev–Trinajstić information content (AvgIpc) is 2.38. The summed E-state index contributed by atoms with van der Waals surface area (Å²) in [5.74, 6) is 1.54. The van der Waals surface area contributed by atoms with Gasteiger partial charge >= 0.3 is 0 Å². The minimum Gasteiger partial charge on any atom is -0.385 e. The van der Waals surface area contributed by atoms with E-state index in [0.717, 1.165) is 18.8 Å². The highest BCUT2D eigenvalue weighted by atomic mass is 16.3. The summed E-state index contributed by atoms with van der Waals surface area (Å²) in [5, 5.41) is 11.1. The third-order valence-electron chi connectivity index (χ3n) is 5.52. The van der Waals surface area contributed by atoms with E-state index in [2.05, 4.69) is 31.2 Å². The van der Waals surface area contributed by atoms with Crippen LogP contribution in [-0.2, 0) is 5.60 Å². The number of rotatable bonds is 3. The summed E-state index contributed by atoms with van der Waals surface area (Å²) in [4.78, 5) is 0.